The zero-order chi connectivity index (χ0) is 14.4. The van der Waals surface area contributed by atoms with E-state index in [0.717, 1.165) is 32.1 Å². The summed E-state index contributed by atoms with van der Waals surface area (Å²) in [6.07, 6.45) is 4.38. The third kappa shape index (κ3) is 3.83. The molecule has 0 saturated heterocycles. The number of aliphatic hydroxyl groups excluding tert-OH is 1. The van der Waals surface area contributed by atoms with Crippen LogP contribution >= 0.6 is 0 Å². The number of carbonyl (C=O) groups is 1. The van der Waals surface area contributed by atoms with Gasteiger partial charge in [0, 0.05) is 7.05 Å². The number of nitrogens with two attached hydrogens (primary N) is 1. The number of likely N-dealkylation sites (N-methyl/N-ethyl adjacent to an activating group) is 1. The van der Waals surface area contributed by atoms with Crippen molar-refractivity contribution >= 4 is 11.7 Å². The number of amides is 1. The van der Waals surface area contributed by atoms with Crippen molar-refractivity contribution in [2.75, 3.05) is 7.05 Å². The third-order valence-corrected chi connectivity index (χ3v) is 3.89. The van der Waals surface area contributed by atoms with Crippen molar-refractivity contribution in [2.45, 2.75) is 57.6 Å². The molecule has 1 amide bonds. The van der Waals surface area contributed by atoms with Crippen LogP contribution in [-0.4, -0.2) is 46.1 Å². The molecule has 0 bridgehead atoms. The average Bonchev–Trinajstić information content (AvgIpc) is 2.43. The molecule has 0 aromatic carbocycles. The van der Waals surface area contributed by atoms with Crippen molar-refractivity contribution in [1.29, 1.82) is 0 Å². The van der Waals surface area contributed by atoms with Gasteiger partial charge in [-0.1, -0.05) is 31.3 Å². The largest absolute Gasteiger partial charge is 0.409 e. The quantitative estimate of drug-likeness (QED) is 0.299. The summed E-state index contributed by atoms with van der Waals surface area (Å²) in [5.74, 6) is -0.832. The number of aliphatic hydroxyl groups is 1. The molecule has 0 aromatic heterocycles. The predicted molar refractivity (Wildman–Crippen MR) is 72.8 cm³/mol. The van der Waals surface area contributed by atoms with Crippen molar-refractivity contribution < 1.29 is 15.1 Å². The van der Waals surface area contributed by atoms with Crippen molar-refractivity contribution in [3.8, 4) is 0 Å². The Bertz CT molecular complexity index is 333. The SMILES string of the molecule is CCCC(C(=O)N(C)C1CCCCC1O)C(N)=NO. The van der Waals surface area contributed by atoms with Gasteiger partial charge in [-0.15, -0.1) is 0 Å². The molecule has 6 heteroatoms. The molecular formula is C13H25N3O3. The smallest absolute Gasteiger partial charge is 0.233 e. The molecule has 3 atom stereocenters. The molecule has 1 aliphatic rings. The lowest BCUT2D eigenvalue weighted by atomic mass is 9.90. The second-order valence-electron chi connectivity index (χ2n) is 5.23. The summed E-state index contributed by atoms with van der Waals surface area (Å²) in [5, 5.41) is 21.7. The summed E-state index contributed by atoms with van der Waals surface area (Å²) >= 11 is 0. The number of hydrogen-bond acceptors (Lipinski definition) is 4. The summed E-state index contributed by atoms with van der Waals surface area (Å²) in [4.78, 5) is 14.0. The highest BCUT2D eigenvalue weighted by atomic mass is 16.4. The van der Waals surface area contributed by atoms with Crippen LogP contribution in [0.4, 0.5) is 0 Å². The molecule has 0 aliphatic heterocycles. The van der Waals surface area contributed by atoms with E-state index in [4.69, 9.17) is 10.9 Å². The number of carbonyl (C=O) groups excluding carboxylic acids is 1. The average molecular weight is 271 g/mol. The van der Waals surface area contributed by atoms with E-state index in [1.165, 1.54) is 0 Å². The van der Waals surface area contributed by atoms with Crippen LogP contribution in [-0.2, 0) is 4.79 Å². The molecule has 110 valence electrons. The van der Waals surface area contributed by atoms with Crippen molar-refractivity contribution in [3.63, 3.8) is 0 Å². The minimum atomic E-state index is -0.603. The fraction of sp³-hybridized carbons (Fsp3) is 0.846. The number of nitrogens with zero attached hydrogens (tertiary/aromatic N) is 2. The molecule has 4 N–H and O–H groups in total. The minimum absolute atomic E-state index is 0.0519. The molecule has 19 heavy (non-hydrogen) atoms. The zero-order valence-electron chi connectivity index (χ0n) is 11.7. The monoisotopic (exact) mass is 271 g/mol. The van der Waals surface area contributed by atoms with Gasteiger partial charge in [0.25, 0.3) is 0 Å². The number of oxime groups is 1. The van der Waals surface area contributed by atoms with Crippen molar-refractivity contribution in [3.05, 3.63) is 0 Å². The van der Waals surface area contributed by atoms with E-state index < -0.39 is 12.0 Å². The molecule has 0 radical (unpaired) electrons. The van der Waals surface area contributed by atoms with Gasteiger partial charge in [0.2, 0.25) is 5.91 Å². The van der Waals surface area contributed by atoms with Gasteiger partial charge >= 0.3 is 0 Å². The Hall–Kier alpha value is -1.30. The van der Waals surface area contributed by atoms with Gasteiger partial charge < -0.3 is 20.9 Å². The molecule has 0 heterocycles. The fourth-order valence-corrected chi connectivity index (χ4v) is 2.71. The number of rotatable bonds is 5. The number of hydrogen-bond donors (Lipinski definition) is 3. The Morgan fingerprint density at radius 1 is 1.47 bits per heavy atom. The van der Waals surface area contributed by atoms with Crippen LogP contribution in [0.2, 0.25) is 0 Å². The van der Waals surface area contributed by atoms with E-state index in [2.05, 4.69) is 5.16 Å². The van der Waals surface area contributed by atoms with E-state index in [1.807, 2.05) is 6.92 Å². The summed E-state index contributed by atoms with van der Waals surface area (Å²) < 4.78 is 0. The topological polar surface area (TPSA) is 99.2 Å². The molecule has 1 fully saturated rings. The molecular weight excluding hydrogens is 246 g/mol. The van der Waals surface area contributed by atoms with Crippen LogP contribution in [0.5, 0.6) is 0 Å². The van der Waals surface area contributed by atoms with E-state index in [-0.39, 0.29) is 17.8 Å². The highest BCUT2D eigenvalue weighted by molar-refractivity contribution is 6.02. The summed E-state index contributed by atoms with van der Waals surface area (Å²) in [5.41, 5.74) is 5.60. The first-order chi connectivity index (χ1) is 9.02. The summed E-state index contributed by atoms with van der Waals surface area (Å²) in [7, 11) is 1.69. The van der Waals surface area contributed by atoms with Crippen LogP contribution in [0.1, 0.15) is 45.4 Å². The van der Waals surface area contributed by atoms with E-state index >= 15 is 0 Å². The van der Waals surface area contributed by atoms with Gasteiger partial charge in [-0.05, 0) is 19.3 Å². The van der Waals surface area contributed by atoms with Crippen molar-refractivity contribution in [1.82, 2.24) is 4.90 Å². The van der Waals surface area contributed by atoms with Gasteiger partial charge in [-0.2, -0.15) is 0 Å². The van der Waals surface area contributed by atoms with Crippen molar-refractivity contribution in [2.24, 2.45) is 16.8 Å². The van der Waals surface area contributed by atoms with Crippen LogP contribution in [0.25, 0.3) is 0 Å². The maximum Gasteiger partial charge on any atom is 0.233 e. The second-order valence-corrected chi connectivity index (χ2v) is 5.23. The second kappa shape index (κ2) is 7.33. The molecule has 1 aliphatic carbocycles. The van der Waals surface area contributed by atoms with Crippen LogP contribution in [0.15, 0.2) is 5.16 Å². The van der Waals surface area contributed by atoms with E-state index in [1.54, 1.807) is 11.9 Å². The van der Waals surface area contributed by atoms with Crippen LogP contribution in [0.3, 0.4) is 0 Å². The fourth-order valence-electron chi connectivity index (χ4n) is 2.71. The van der Waals surface area contributed by atoms with Gasteiger partial charge in [0.05, 0.1) is 18.1 Å². The van der Waals surface area contributed by atoms with Gasteiger partial charge in [-0.3, -0.25) is 4.79 Å². The lowest BCUT2D eigenvalue weighted by Gasteiger charge is -2.36. The standard InChI is InChI=1S/C13H25N3O3/c1-3-6-9(12(14)15-19)13(18)16(2)10-7-4-5-8-11(10)17/h9-11,17,19H,3-8H2,1-2H3,(H2,14,15). The Morgan fingerprint density at radius 2 is 2.11 bits per heavy atom. The lowest BCUT2D eigenvalue weighted by Crippen LogP contribution is -2.50. The maximum absolute atomic E-state index is 12.4. The lowest BCUT2D eigenvalue weighted by molar-refractivity contribution is -0.137. The Kier molecular flexibility index (Phi) is 6.08. The first-order valence-corrected chi connectivity index (χ1v) is 6.95. The molecule has 0 spiro atoms. The Balaban J connectivity index is 2.77. The van der Waals surface area contributed by atoms with E-state index in [9.17, 15) is 9.90 Å². The van der Waals surface area contributed by atoms with Gasteiger partial charge in [0.15, 0.2) is 5.84 Å². The Labute approximate surface area is 114 Å². The van der Waals surface area contributed by atoms with Crippen LogP contribution in [0, 0.1) is 5.92 Å². The molecule has 0 aromatic rings. The Morgan fingerprint density at radius 3 is 2.63 bits per heavy atom. The zero-order valence-corrected chi connectivity index (χ0v) is 11.7. The highest BCUT2D eigenvalue weighted by Gasteiger charge is 2.33. The summed E-state index contributed by atoms with van der Waals surface area (Å²) in [6.45, 7) is 1.94. The normalized spacial score (nSPS) is 25.9. The maximum atomic E-state index is 12.4. The molecule has 1 saturated carbocycles. The van der Waals surface area contributed by atoms with Gasteiger partial charge in [-0.25, -0.2) is 0 Å². The summed E-state index contributed by atoms with van der Waals surface area (Å²) in [6, 6.07) is -0.160. The molecule has 1 rings (SSSR count). The minimum Gasteiger partial charge on any atom is -0.409 e. The molecule has 6 nitrogen and oxygen atoms in total. The third-order valence-electron chi connectivity index (χ3n) is 3.89. The predicted octanol–water partition coefficient (Wildman–Crippen LogP) is 0.911. The first kappa shape index (κ1) is 15.8. The molecule has 3 unspecified atom stereocenters. The first-order valence-electron chi connectivity index (χ1n) is 6.95. The highest BCUT2D eigenvalue weighted by Crippen LogP contribution is 2.24. The van der Waals surface area contributed by atoms with Gasteiger partial charge in [0.1, 0.15) is 0 Å². The van der Waals surface area contributed by atoms with Crippen LogP contribution < -0.4 is 5.73 Å². The number of amidine groups is 1. The van der Waals surface area contributed by atoms with E-state index in [0.29, 0.717) is 6.42 Å².